The summed E-state index contributed by atoms with van der Waals surface area (Å²) in [4.78, 5) is 0. The highest BCUT2D eigenvalue weighted by molar-refractivity contribution is 8.13. The largest absolute Gasteiger partial charge is 0.495 e. The summed E-state index contributed by atoms with van der Waals surface area (Å²) in [6.07, 6.45) is 1.22. The highest BCUT2D eigenvalue weighted by Gasteiger charge is 2.10. The Labute approximate surface area is 143 Å². The smallest absolute Gasteiger partial charge is 0.180 e. The quantitative estimate of drug-likeness (QED) is 0.502. The first-order valence-corrected chi connectivity index (χ1v) is 8.03. The van der Waals surface area contributed by atoms with Crippen molar-refractivity contribution < 1.29 is 9.13 Å². The van der Waals surface area contributed by atoms with Crippen LogP contribution >= 0.6 is 23.4 Å². The van der Waals surface area contributed by atoms with Crippen LogP contribution in [0.3, 0.4) is 0 Å². The van der Waals surface area contributed by atoms with Crippen LogP contribution < -0.4 is 10.5 Å². The Morgan fingerprint density at radius 3 is 2.74 bits per heavy atom. The molecule has 0 amide bonds. The third-order valence-electron chi connectivity index (χ3n) is 2.88. The summed E-state index contributed by atoms with van der Waals surface area (Å²) in [5, 5.41) is 8.04. The standard InChI is InChI=1S/C16H15ClFN3OS/c1-22-14-8-7-13(18)12(15(14)17)9-20-21-16(19)23-10-11-5-3-2-4-6-11/h2-9H,10H2,1H3,(H2,19,21). The number of benzene rings is 2. The molecule has 120 valence electrons. The molecule has 2 N–H and O–H groups in total. The monoisotopic (exact) mass is 351 g/mol. The first-order chi connectivity index (χ1) is 11.1. The van der Waals surface area contributed by atoms with Crippen molar-refractivity contribution in [2.24, 2.45) is 15.9 Å². The maximum Gasteiger partial charge on any atom is 0.180 e. The molecule has 0 unspecified atom stereocenters. The van der Waals surface area contributed by atoms with E-state index in [4.69, 9.17) is 22.1 Å². The number of methoxy groups -OCH3 is 1. The number of nitrogens with two attached hydrogens (primary N) is 1. The fraction of sp³-hybridized carbons (Fsp3) is 0.125. The average molecular weight is 352 g/mol. The van der Waals surface area contributed by atoms with Crippen molar-refractivity contribution in [2.75, 3.05) is 7.11 Å². The second-order valence-electron chi connectivity index (χ2n) is 4.43. The molecule has 0 heterocycles. The van der Waals surface area contributed by atoms with E-state index in [9.17, 15) is 4.39 Å². The molecule has 0 atom stereocenters. The molecule has 2 rings (SSSR count). The topological polar surface area (TPSA) is 60.0 Å². The van der Waals surface area contributed by atoms with Gasteiger partial charge in [0.25, 0.3) is 0 Å². The molecular weight excluding hydrogens is 337 g/mol. The fourth-order valence-electron chi connectivity index (χ4n) is 1.73. The lowest BCUT2D eigenvalue weighted by molar-refractivity contribution is 0.414. The van der Waals surface area contributed by atoms with Gasteiger partial charge < -0.3 is 10.5 Å². The van der Waals surface area contributed by atoms with E-state index in [1.54, 1.807) is 0 Å². The molecule has 0 aromatic heterocycles. The summed E-state index contributed by atoms with van der Waals surface area (Å²) in [5.74, 6) is 0.537. The van der Waals surface area contributed by atoms with Crippen LogP contribution in [0, 0.1) is 5.82 Å². The molecule has 4 nitrogen and oxygen atoms in total. The molecule has 2 aromatic carbocycles. The minimum atomic E-state index is -0.509. The average Bonchev–Trinajstić information content (AvgIpc) is 2.57. The molecule has 7 heteroatoms. The zero-order valence-electron chi connectivity index (χ0n) is 12.4. The molecule has 0 aliphatic heterocycles. The molecule has 0 saturated heterocycles. The third-order valence-corrected chi connectivity index (χ3v) is 4.13. The molecule has 0 saturated carbocycles. The van der Waals surface area contributed by atoms with Gasteiger partial charge in [0.05, 0.1) is 23.9 Å². The van der Waals surface area contributed by atoms with E-state index >= 15 is 0 Å². The molecule has 23 heavy (non-hydrogen) atoms. The Hall–Kier alpha value is -2.05. The predicted molar refractivity (Wildman–Crippen MR) is 94.9 cm³/mol. The molecule has 2 aromatic rings. The molecule has 0 fully saturated rings. The fourth-order valence-corrected chi connectivity index (χ4v) is 2.62. The summed E-state index contributed by atoms with van der Waals surface area (Å²) in [5.41, 5.74) is 7.00. The number of hydrogen-bond donors (Lipinski definition) is 1. The molecule has 0 spiro atoms. The van der Waals surface area contributed by atoms with Crippen molar-refractivity contribution in [3.05, 3.63) is 64.4 Å². The van der Waals surface area contributed by atoms with Crippen LogP contribution in [0.1, 0.15) is 11.1 Å². The number of ether oxygens (including phenoxy) is 1. The molecule has 0 bridgehead atoms. The van der Waals surface area contributed by atoms with Crippen LogP contribution in [0.15, 0.2) is 52.7 Å². The van der Waals surface area contributed by atoms with Gasteiger partial charge in [-0.1, -0.05) is 53.7 Å². The second-order valence-corrected chi connectivity index (χ2v) is 5.81. The second kappa shape index (κ2) is 8.55. The van der Waals surface area contributed by atoms with Crippen LogP contribution in [-0.2, 0) is 5.75 Å². The number of nitrogens with zero attached hydrogens (tertiary/aromatic N) is 2. The van der Waals surface area contributed by atoms with Gasteiger partial charge in [0.15, 0.2) is 5.17 Å². The molecule has 0 aliphatic rings. The van der Waals surface area contributed by atoms with Gasteiger partial charge in [-0.3, -0.25) is 0 Å². The molecule has 0 aliphatic carbocycles. The maximum atomic E-state index is 13.7. The van der Waals surface area contributed by atoms with Crippen LogP contribution in [0.25, 0.3) is 0 Å². The number of thioether (sulfide) groups is 1. The van der Waals surface area contributed by atoms with Crippen molar-refractivity contribution >= 4 is 34.7 Å². The third kappa shape index (κ3) is 4.97. The highest BCUT2D eigenvalue weighted by Crippen LogP contribution is 2.28. The van der Waals surface area contributed by atoms with Crippen molar-refractivity contribution in [1.29, 1.82) is 0 Å². The van der Waals surface area contributed by atoms with Gasteiger partial charge in [-0.05, 0) is 17.7 Å². The Morgan fingerprint density at radius 2 is 2.04 bits per heavy atom. The molecule has 0 radical (unpaired) electrons. The maximum absolute atomic E-state index is 13.7. The number of amidine groups is 1. The van der Waals surface area contributed by atoms with Gasteiger partial charge in [-0.25, -0.2) is 4.39 Å². The zero-order valence-corrected chi connectivity index (χ0v) is 13.9. The van der Waals surface area contributed by atoms with Gasteiger partial charge in [0, 0.05) is 5.75 Å². The van der Waals surface area contributed by atoms with Crippen molar-refractivity contribution in [3.8, 4) is 5.75 Å². The van der Waals surface area contributed by atoms with Crippen LogP contribution in [-0.4, -0.2) is 18.5 Å². The van der Waals surface area contributed by atoms with Crippen LogP contribution in [0.4, 0.5) is 4.39 Å². The van der Waals surface area contributed by atoms with E-state index in [0.29, 0.717) is 11.5 Å². The lowest BCUT2D eigenvalue weighted by atomic mass is 10.2. The van der Waals surface area contributed by atoms with E-state index < -0.39 is 5.82 Å². The number of halogens is 2. The van der Waals surface area contributed by atoms with Gasteiger partial charge in [-0.15, -0.1) is 5.10 Å². The number of rotatable bonds is 5. The first kappa shape index (κ1) is 17.3. The van der Waals surface area contributed by atoms with Gasteiger partial charge in [-0.2, -0.15) is 5.10 Å². The van der Waals surface area contributed by atoms with E-state index in [0.717, 1.165) is 5.56 Å². The van der Waals surface area contributed by atoms with Crippen LogP contribution in [0.5, 0.6) is 5.75 Å². The summed E-state index contributed by atoms with van der Waals surface area (Å²) >= 11 is 7.37. The van der Waals surface area contributed by atoms with Gasteiger partial charge in [0.2, 0.25) is 0 Å². The molecular formula is C16H15ClFN3OS. The lowest BCUT2D eigenvalue weighted by Gasteiger charge is -2.05. The minimum Gasteiger partial charge on any atom is -0.495 e. The zero-order chi connectivity index (χ0) is 16.7. The van der Waals surface area contributed by atoms with E-state index in [2.05, 4.69) is 10.2 Å². The van der Waals surface area contributed by atoms with Crippen molar-refractivity contribution in [2.45, 2.75) is 5.75 Å². The Morgan fingerprint density at radius 1 is 1.30 bits per heavy atom. The summed E-state index contributed by atoms with van der Waals surface area (Å²) in [6.45, 7) is 0. The van der Waals surface area contributed by atoms with Gasteiger partial charge in [0.1, 0.15) is 11.6 Å². The summed E-state index contributed by atoms with van der Waals surface area (Å²) in [6, 6.07) is 12.5. The first-order valence-electron chi connectivity index (χ1n) is 6.67. The van der Waals surface area contributed by atoms with E-state index in [-0.39, 0.29) is 15.8 Å². The van der Waals surface area contributed by atoms with Crippen LogP contribution in [0.2, 0.25) is 5.02 Å². The number of hydrogen-bond acceptors (Lipinski definition) is 4. The highest BCUT2D eigenvalue weighted by atomic mass is 35.5. The van der Waals surface area contributed by atoms with Gasteiger partial charge >= 0.3 is 0 Å². The predicted octanol–water partition coefficient (Wildman–Crippen LogP) is 4.07. The normalized spacial score (nSPS) is 11.9. The summed E-state index contributed by atoms with van der Waals surface area (Å²) < 4.78 is 18.8. The minimum absolute atomic E-state index is 0.107. The summed E-state index contributed by atoms with van der Waals surface area (Å²) in [7, 11) is 1.45. The van der Waals surface area contributed by atoms with E-state index in [1.807, 2.05) is 30.3 Å². The lowest BCUT2D eigenvalue weighted by Crippen LogP contribution is -2.06. The van der Waals surface area contributed by atoms with Crippen molar-refractivity contribution in [1.82, 2.24) is 0 Å². The Kier molecular flexibility index (Phi) is 6.43. The SMILES string of the molecule is COc1ccc(F)c(C=NN=C(N)SCc2ccccc2)c1Cl. The van der Waals surface area contributed by atoms with Crippen molar-refractivity contribution in [3.63, 3.8) is 0 Å². The van der Waals surface area contributed by atoms with E-state index in [1.165, 1.54) is 37.2 Å². The Bertz CT molecular complexity index is 723. The Balaban J connectivity index is 2.03.